The van der Waals surface area contributed by atoms with Crippen LogP contribution < -0.4 is 11.1 Å². The van der Waals surface area contributed by atoms with E-state index < -0.39 is 0 Å². The molecule has 0 saturated heterocycles. The minimum absolute atomic E-state index is 0. The molecule has 2 rings (SSSR count). The van der Waals surface area contributed by atoms with Crippen LogP contribution in [-0.4, -0.2) is 27.6 Å². The predicted octanol–water partition coefficient (Wildman–Crippen LogP) is 1.38. The second-order valence-corrected chi connectivity index (χ2v) is 5.51. The van der Waals surface area contributed by atoms with Gasteiger partial charge in [-0.3, -0.25) is 4.79 Å². The number of amides is 1. The average molecular weight is 291 g/mol. The molecule has 0 bridgehead atoms. The summed E-state index contributed by atoms with van der Waals surface area (Å²) in [4.78, 5) is 12.8. The number of nitrogens with one attached hydrogen (secondary N) is 1. The van der Waals surface area contributed by atoms with E-state index in [1.165, 1.54) is 0 Å². The van der Waals surface area contributed by atoms with E-state index in [2.05, 4.69) is 14.9 Å². The van der Waals surface area contributed by atoms with Gasteiger partial charge in [-0.1, -0.05) is 11.4 Å². The molecule has 0 radical (unpaired) electrons. The van der Waals surface area contributed by atoms with E-state index in [-0.39, 0.29) is 23.9 Å². The van der Waals surface area contributed by atoms with Gasteiger partial charge in [-0.15, -0.1) is 17.5 Å². The number of rotatable bonds is 5. The van der Waals surface area contributed by atoms with Gasteiger partial charge in [0.05, 0.1) is 11.2 Å². The third-order valence-electron chi connectivity index (χ3n) is 3.40. The average Bonchev–Trinajstić information content (AvgIpc) is 3.07. The smallest absolute Gasteiger partial charge is 0.265 e. The molecule has 1 amide bonds. The van der Waals surface area contributed by atoms with Crippen LogP contribution in [0.1, 0.15) is 42.1 Å². The highest BCUT2D eigenvalue weighted by molar-refractivity contribution is 7.08. The van der Waals surface area contributed by atoms with Crippen molar-refractivity contribution in [2.75, 3.05) is 6.54 Å². The van der Waals surface area contributed by atoms with Crippen molar-refractivity contribution in [3.05, 3.63) is 10.6 Å². The SMILES string of the molecule is CCc1nnsc1C(=O)NC(C)(CN)C1CC1.Cl. The molecule has 1 atom stereocenters. The van der Waals surface area contributed by atoms with E-state index in [0.717, 1.165) is 36.5 Å². The van der Waals surface area contributed by atoms with Gasteiger partial charge in [0, 0.05) is 6.54 Å². The highest BCUT2D eigenvalue weighted by atomic mass is 35.5. The first-order valence-corrected chi connectivity index (χ1v) is 6.72. The number of nitrogens with two attached hydrogens (primary N) is 1. The summed E-state index contributed by atoms with van der Waals surface area (Å²) in [5.74, 6) is 0.430. The summed E-state index contributed by atoms with van der Waals surface area (Å²) in [7, 11) is 0. The Kier molecular flexibility index (Phi) is 5.07. The van der Waals surface area contributed by atoms with Crippen LogP contribution in [0, 0.1) is 5.92 Å². The van der Waals surface area contributed by atoms with Gasteiger partial charge in [0.15, 0.2) is 0 Å². The molecule has 1 heterocycles. The Morgan fingerprint density at radius 2 is 2.28 bits per heavy atom. The minimum atomic E-state index is -0.286. The number of carbonyl (C=O) groups is 1. The Morgan fingerprint density at radius 3 is 2.78 bits per heavy atom. The van der Waals surface area contributed by atoms with Crippen LogP contribution >= 0.6 is 23.9 Å². The topological polar surface area (TPSA) is 80.9 Å². The molecule has 1 aliphatic rings. The standard InChI is InChI=1S/C11H18N4OS.ClH/c1-3-8-9(17-15-14-8)10(16)13-11(2,6-12)7-4-5-7;/h7H,3-6,12H2,1-2H3,(H,13,16);1H. The molecule has 1 aromatic heterocycles. The van der Waals surface area contributed by atoms with E-state index in [0.29, 0.717) is 17.3 Å². The highest BCUT2D eigenvalue weighted by Gasteiger charge is 2.42. The number of carbonyl (C=O) groups excluding carboxylic acids is 1. The molecule has 7 heteroatoms. The lowest BCUT2D eigenvalue weighted by Gasteiger charge is -2.29. The van der Waals surface area contributed by atoms with Gasteiger partial charge in [-0.2, -0.15) is 0 Å². The molecule has 18 heavy (non-hydrogen) atoms. The van der Waals surface area contributed by atoms with Gasteiger partial charge >= 0.3 is 0 Å². The molecular formula is C11H19ClN4OS. The Balaban J connectivity index is 0.00000162. The van der Waals surface area contributed by atoms with Gasteiger partial charge in [0.1, 0.15) is 4.88 Å². The normalized spacial score (nSPS) is 17.7. The molecule has 0 spiro atoms. The summed E-state index contributed by atoms with van der Waals surface area (Å²) in [6.07, 6.45) is 3.02. The number of hydrogen-bond acceptors (Lipinski definition) is 5. The molecule has 1 saturated carbocycles. The van der Waals surface area contributed by atoms with Crippen LogP contribution in [0.2, 0.25) is 0 Å². The summed E-state index contributed by atoms with van der Waals surface area (Å²) in [5.41, 5.74) is 6.26. The number of hydrogen-bond donors (Lipinski definition) is 2. The van der Waals surface area contributed by atoms with Crippen molar-refractivity contribution in [3.63, 3.8) is 0 Å². The lowest BCUT2D eigenvalue weighted by Crippen LogP contribution is -2.53. The molecule has 0 aromatic carbocycles. The largest absolute Gasteiger partial charge is 0.345 e. The van der Waals surface area contributed by atoms with E-state index in [1.807, 2.05) is 13.8 Å². The molecule has 1 unspecified atom stereocenters. The van der Waals surface area contributed by atoms with Gasteiger partial charge in [-0.25, -0.2) is 0 Å². The first kappa shape index (κ1) is 15.3. The third-order valence-corrected chi connectivity index (χ3v) is 4.17. The molecule has 102 valence electrons. The lowest BCUT2D eigenvalue weighted by molar-refractivity contribution is 0.0901. The molecular weight excluding hydrogens is 272 g/mol. The Bertz CT molecular complexity index is 421. The fourth-order valence-corrected chi connectivity index (χ4v) is 2.61. The molecule has 1 aliphatic carbocycles. The fourth-order valence-electron chi connectivity index (χ4n) is 1.97. The molecule has 5 nitrogen and oxygen atoms in total. The predicted molar refractivity (Wildman–Crippen MR) is 74.2 cm³/mol. The summed E-state index contributed by atoms with van der Waals surface area (Å²) in [6.45, 7) is 4.45. The van der Waals surface area contributed by atoms with Gasteiger partial charge < -0.3 is 11.1 Å². The Hall–Kier alpha value is -0.720. The van der Waals surface area contributed by atoms with Gasteiger partial charge in [-0.05, 0) is 43.6 Å². The van der Waals surface area contributed by atoms with Crippen molar-refractivity contribution in [3.8, 4) is 0 Å². The van der Waals surface area contributed by atoms with Crippen LogP contribution in [-0.2, 0) is 6.42 Å². The first-order chi connectivity index (χ1) is 8.10. The first-order valence-electron chi connectivity index (χ1n) is 5.94. The zero-order valence-corrected chi connectivity index (χ0v) is 12.2. The summed E-state index contributed by atoms with van der Waals surface area (Å²) < 4.78 is 3.83. The van der Waals surface area contributed by atoms with Crippen molar-refractivity contribution < 1.29 is 4.79 Å². The Labute approximate surface area is 117 Å². The Morgan fingerprint density at radius 1 is 1.61 bits per heavy atom. The summed E-state index contributed by atoms with van der Waals surface area (Å²) in [5, 5.41) is 7.00. The van der Waals surface area contributed by atoms with Crippen LogP contribution in [0.4, 0.5) is 0 Å². The van der Waals surface area contributed by atoms with Gasteiger partial charge in [0.2, 0.25) is 0 Å². The zero-order valence-electron chi connectivity index (χ0n) is 10.6. The van der Waals surface area contributed by atoms with Crippen LogP contribution in [0.25, 0.3) is 0 Å². The molecule has 3 N–H and O–H groups in total. The van der Waals surface area contributed by atoms with Crippen LogP contribution in [0.5, 0.6) is 0 Å². The maximum Gasteiger partial charge on any atom is 0.265 e. The number of aromatic nitrogens is 2. The maximum absolute atomic E-state index is 12.2. The van der Waals surface area contributed by atoms with E-state index in [1.54, 1.807) is 0 Å². The second-order valence-electron chi connectivity index (χ2n) is 4.75. The number of nitrogens with zero attached hydrogens (tertiary/aromatic N) is 2. The quantitative estimate of drug-likeness (QED) is 0.858. The lowest BCUT2D eigenvalue weighted by atomic mass is 9.96. The van der Waals surface area contributed by atoms with E-state index in [9.17, 15) is 4.79 Å². The van der Waals surface area contributed by atoms with Crippen molar-refractivity contribution in [2.24, 2.45) is 11.7 Å². The number of aryl methyl sites for hydroxylation is 1. The highest BCUT2D eigenvalue weighted by Crippen LogP contribution is 2.39. The molecule has 0 aliphatic heterocycles. The van der Waals surface area contributed by atoms with Crippen molar-refractivity contribution in [1.29, 1.82) is 0 Å². The summed E-state index contributed by atoms with van der Waals surface area (Å²) >= 11 is 1.15. The monoisotopic (exact) mass is 290 g/mol. The maximum atomic E-state index is 12.2. The second kappa shape index (κ2) is 5.95. The number of halogens is 1. The molecule has 1 aromatic rings. The molecule has 1 fully saturated rings. The summed E-state index contributed by atoms with van der Waals surface area (Å²) in [6, 6.07) is 0. The zero-order chi connectivity index (χ0) is 12.5. The van der Waals surface area contributed by atoms with Crippen LogP contribution in [0.3, 0.4) is 0 Å². The van der Waals surface area contributed by atoms with E-state index in [4.69, 9.17) is 5.73 Å². The fraction of sp³-hybridized carbons (Fsp3) is 0.727. The van der Waals surface area contributed by atoms with Crippen molar-refractivity contribution in [2.45, 2.75) is 38.6 Å². The van der Waals surface area contributed by atoms with E-state index >= 15 is 0 Å². The van der Waals surface area contributed by atoms with Crippen LogP contribution in [0.15, 0.2) is 0 Å². The third kappa shape index (κ3) is 2.99. The van der Waals surface area contributed by atoms with Gasteiger partial charge in [0.25, 0.3) is 5.91 Å². The van der Waals surface area contributed by atoms with Crippen molar-refractivity contribution in [1.82, 2.24) is 14.9 Å². The van der Waals surface area contributed by atoms with Crippen molar-refractivity contribution >= 4 is 29.8 Å². The minimum Gasteiger partial charge on any atom is -0.345 e.